The molecule has 1 N–H and O–H groups in total. The minimum absolute atomic E-state index is 0.0761. The van der Waals surface area contributed by atoms with Crippen molar-refractivity contribution in [3.8, 4) is 0 Å². The van der Waals surface area contributed by atoms with Crippen LogP contribution in [0.3, 0.4) is 0 Å². The van der Waals surface area contributed by atoms with Gasteiger partial charge in [0.05, 0.1) is 5.92 Å². The number of likely N-dealkylation sites (tertiary alicyclic amines) is 1. The number of pyridine rings is 1. The molecule has 0 spiro atoms. The molecule has 2 aromatic rings. The van der Waals surface area contributed by atoms with Gasteiger partial charge in [0.25, 0.3) is 0 Å². The molecule has 0 saturated carbocycles. The highest BCUT2D eigenvalue weighted by Crippen LogP contribution is 2.27. The number of hydrogen-bond donors (Lipinski definition) is 1. The van der Waals surface area contributed by atoms with Crippen molar-refractivity contribution in [2.24, 2.45) is 5.92 Å². The lowest BCUT2D eigenvalue weighted by Crippen LogP contribution is -2.46. The van der Waals surface area contributed by atoms with E-state index in [1.165, 1.54) is 11.3 Å². The number of nitrogens with zero attached hydrogens (tertiary/aromatic N) is 3. The van der Waals surface area contributed by atoms with Crippen LogP contribution in [0.25, 0.3) is 0 Å². The average molecular weight is 407 g/mol. The van der Waals surface area contributed by atoms with Crippen molar-refractivity contribution in [2.45, 2.75) is 32.1 Å². The summed E-state index contributed by atoms with van der Waals surface area (Å²) < 4.78 is 0. The molecule has 1 unspecified atom stereocenters. The largest absolute Gasteiger partial charge is 0.371 e. The number of amides is 2. The molecule has 1 fully saturated rings. The molecule has 1 atom stereocenters. The third-order valence-electron chi connectivity index (χ3n) is 6.12. The zero-order valence-corrected chi connectivity index (χ0v) is 17.4. The second kappa shape index (κ2) is 9.74. The van der Waals surface area contributed by atoms with Gasteiger partial charge < -0.3 is 15.1 Å². The molecule has 0 radical (unpaired) electrons. The predicted molar refractivity (Wildman–Crippen MR) is 117 cm³/mol. The Morgan fingerprint density at radius 3 is 2.80 bits per heavy atom. The number of anilines is 1. The van der Waals surface area contributed by atoms with E-state index in [4.69, 9.17) is 0 Å². The molecule has 1 saturated heterocycles. The Balaban J connectivity index is 1.19. The highest BCUT2D eigenvalue weighted by atomic mass is 16.2. The van der Waals surface area contributed by atoms with Gasteiger partial charge in [0, 0.05) is 63.1 Å². The van der Waals surface area contributed by atoms with Crippen LogP contribution in [0.5, 0.6) is 0 Å². The first-order valence-electron chi connectivity index (χ1n) is 11.0. The Morgan fingerprint density at radius 2 is 1.93 bits per heavy atom. The van der Waals surface area contributed by atoms with Gasteiger partial charge in [-0.05, 0) is 43.0 Å². The number of rotatable bonds is 8. The summed E-state index contributed by atoms with van der Waals surface area (Å²) in [5.41, 5.74) is 3.72. The van der Waals surface area contributed by atoms with Crippen LogP contribution in [0.1, 0.15) is 30.5 Å². The summed E-state index contributed by atoms with van der Waals surface area (Å²) in [7, 11) is 0. The van der Waals surface area contributed by atoms with Crippen LogP contribution in [0.2, 0.25) is 0 Å². The van der Waals surface area contributed by atoms with E-state index in [1.807, 2.05) is 23.1 Å². The Hall–Kier alpha value is -2.89. The number of carbonyl (C=O) groups is 2. The molecule has 2 aliphatic rings. The van der Waals surface area contributed by atoms with Gasteiger partial charge in [-0.2, -0.15) is 0 Å². The van der Waals surface area contributed by atoms with E-state index in [2.05, 4.69) is 39.5 Å². The number of hydrogen-bond acceptors (Lipinski definition) is 4. The number of fused-ring (bicyclic) bond motifs is 1. The van der Waals surface area contributed by atoms with Gasteiger partial charge in [0.2, 0.25) is 11.8 Å². The zero-order valence-electron chi connectivity index (χ0n) is 17.4. The van der Waals surface area contributed by atoms with Crippen LogP contribution in [0, 0.1) is 5.92 Å². The van der Waals surface area contributed by atoms with Crippen LogP contribution >= 0.6 is 0 Å². The monoisotopic (exact) mass is 406 g/mol. The highest BCUT2D eigenvalue weighted by molar-refractivity contribution is 5.83. The van der Waals surface area contributed by atoms with E-state index >= 15 is 0 Å². The maximum absolute atomic E-state index is 12.6. The highest BCUT2D eigenvalue weighted by Gasteiger charge is 2.29. The summed E-state index contributed by atoms with van der Waals surface area (Å²) in [6, 6.07) is 14.4. The van der Waals surface area contributed by atoms with Gasteiger partial charge in [-0.25, -0.2) is 0 Å². The fourth-order valence-electron chi connectivity index (χ4n) is 4.41. The fraction of sp³-hybridized carbons (Fsp3) is 0.458. The molecular formula is C24H30N4O2. The van der Waals surface area contributed by atoms with Gasteiger partial charge >= 0.3 is 0 Å². The molecule has 158 valence electrons. The first-order valence-corrected chi connectivity index (χ1v) is 11.0. The second-order valence-corrected chi connectivity index (χ2v) is 8.16. The van der Waals surface area contributed by atoms with Crippen LogP contribution in [0.4, 0.5) is 5.69 Å². The number of piperidine rings is 1. The molecule has 2 aliphatic heterocycles. The summed E-state index contributed by atoms with van der Waals surface area (Å²) in [5.74, 6) is 0.105. The first kappa shape index (κ1) is 20.4. The Morgan fingerprint density at radius 1 is 1.07 bits per heavy atom. The third kappa shape index (κ3) is 4.99. The van der Waals surface area contributed by atoms with Crippen molar-refractivity contribution in [1.29, 1.82) is 0 Å². The lowest BCUT2D eigenvalue weighted by atomic mass is 9.96. The Bertz CT molecular complexity index is 871. The normalized spacial score (nSPS) is 18.4. The van der Waals surface area contributed by atoms with Gasteiger partial charge in [-0.1, -0.05) is 24.3 Å². The fourth-order valence-corrected chi connectivity index (χ4v) is 4.41. The van der Waals surface area contributed by atoms with E-state index in [0.717, 1.165) is 38.0 Å². The molecule has 1 aromatic carbocycles. The lowest BCUT2D eigenvalue weighted by molar-refractivity contribution is -0.138. The first-order chi connectivity index (χ1) is 14.7. The zero-order chi connectivity index (χ0) is 20.8. The number of carbonyl (C=O) groups excluding carboxylic acids is 2. The summed E-state index contributed by atoms with van der Waals surface area (Å²) in [6.07, 6.45) is 5.61. The van der Waals surface area contributed by atoms with E-state index in [0.29, 0.717) is 32.5 Å². The van der Waals surface area contributed by atoms with Crippen molar-refractivity contribution < 1.29 is 9.59 Å². The Kier molecular flexibility index (Phi) is 6.62. The maximum atomic E-state index is 12.6. The molecule has 0 aliphatic carbocycles. The topological polar surface area (TPSA) is 65.5 Å². The maximum Gasteiger partial charge on any atom is 0.224 e. The van der Waals surface area contributed by atoms with Gasteiger partial charge in [0.15, 0.2) is 0 Å². The van der Waals surface area contributed by atoms with E-state index < -0.39 is 0 Å². The molecule has 1 aromatic heterocycles. The SMILES string of the molecule is O=C(NCCCN1CCc2ccccc21)C1CCC(=O)N(CCc2ccccn2)C1. The molecule has 6 heteroatoms. The van der Waals surface area contributed by atoms with Crippen molar-refractivity contribution in [3.05, 3.63) is 59.9 Å². The number of aromatic nitrogens is 1. The lowest BCUT2D eigenvalue weighted by Gasteiger charge is -2.32. The number of nitrogens with one attached hydrogen (secondary N) is 1. The van der Waals surface area contributed by atoms with E-state index in [9.17, 15) is 9.59 Å². The van der Waals surface area contributed by atoms with Gasteiger partial charge in [-0.3, -0.25) is 14.6 Å². The van der Waals surface area contributed by atoms with Gasteiger partial charge in [-0.15, -0.1) is 0 Å². The quantitative estimate of drug-likeness (QED) is 0.684. The van der Waals surface area contributed by atoms with Gasteiger partial charge in [0.1, 0.15) is 0 Å². The molecular weight excluding hydrogens is 376 g/mol. The van der Waals surface area contributed by atoms with Crippen LogP contribution in [0.15, 0.2) is 48.7 Å². The van der Waals surface area contributed by atoms with Crippen LogP contribution in [-0.2, 0) is 22.4 Å². The standard InChI is InChI=1S/C24H30N4O2/c29-23-10-9-20(18-28(23)17-12-21-7-3-4-13-25-21)24(30)26-14-5-15-27-16-11-19-6-1-2-8-22(19)27/h1-4,6-8,13,20H,5,9-12,14-18H2,(H,26,30). The van der Waals surface area contributed by atoms with Crippen molar-refractivity contribution in [3.63, 3.8) is 0 Å². The van der Waals surface area contributed by atoms with Crippen molar-refractivity contribution >= 4 is 17.5 Å². The molecule has 30 heavy (non-hydrogen) atoms. The summed E-state index contributed by atoms with van der Waals surface area (Å²) in [4.78, 5) is 33.4. The summed E-state index contributed by atoms with van der Waals surface area (Å²) in [6.45, 7) is 3.82. The summed E-state index contributed by atoms with van der Waals surface area (Å²) >= 11 is 0. The molecule has 6 nitrogen and oxygen atoms in total. The van der Waals surface area contributed by atoms with E-state index in [1.54, 1.807) is 6.20 Å². The minimum atomic E-state index is -0.112. The molecule has 3 heterocycles. The number of benzene rings is 1. The molecule has 4 rings (SSSR count). The average Bonchev–Trinajstić information content (AvgIpc) is 3.20. The molecule has 0 bridgehead atoms. The van der Waals surface area contributed by atoms with Crippen LogP contribution < -0.4 is 10.2 Å². The van der Waals surface area contributed by atoms with Crippen molar-refractivity contribution in [1.82, 2.24) is 15.2 Å². The van der Waals surface area contributed by atoms with Crippen molar-refractivity contribution in [2.75, 3.05) is 37.6 Å². The number of para-hydroxylation sites is 1. The Labute approximate surface area is 178 Å². The third-order valence-corrected chi connectivity index (χ3v) is 6.12. The predicted octanol–water partition coefficient (Wildman–Crippen LogP) is 2.43. The molecule has 2 amide bonds. The smallest absolute Gasteiger partial charge is 0.224 e. The summed E-state index contributed by atoms with van der Waals surface area (Å²) in [5, 5.41) is 3.09. The van der Waals surface area contributed by atoms with Crippen LogP contribution in [-0.4, -0.2) is 54.4 Å². The minimum Gasteiger partial charge on any atom is -0.371 e. The van der Waals surface area contributed by atoms with E-state index in [-0.39, 0.29) is 17.7 Å². The second-order valence-electron chi connectivity index (χ2n) is 8.16.